The SMILES string of the molecule is C=Cc1ccccc1OCCCCCCCCCCCCCCCCCCCCC. The van der Waals surface area contributed by atoms with Crippen LogP contribution in [0.2, 0.25) is 0 Å². The number of ether oxygens (including phenoxy) is 1. The van der Waals surface area contributed by atoms with Crippen LogP contribution < -0.4 is 4.74 Å². The van der Waals surface area contributed by atoms with Gasteiger partial charge in [0.1, 0.15) is 5.75 Å². The summed E-state index contributed by atoms with van der Waals surface area (Å²) in [7, 11) is 0. The molecule has 172 valence electrons. The monoisotopic (exact) mass is 414 g/mol. The molecule has 1 rings (SSSR count). The van der Waals surface area contributed by atoms with E-state index in [2.05, 4.69) is 19.6 Å². The first-order chi connectivity index (χ1) is 14.9. The van der Waals surface area contributed by atoms with E-state index in [1.165, 1.54) is 116 Å². The van der Waals surface area contributed by atoms with E-state index >= 15 is 0 Å². The van der Waals surface area contributed by atoms with E-state index in [4.69, 9.17) is 4.74 Å². The summed E-state index contributed by atoms with van der Waals surface area (Å²) in [5.41, 5.74) is 1.09. The standard InChI is InChI=1S/C29H50O/c1-3-5-6-7-8-9-10-11-12-13-14-15-16-17-18-19-20-21-24-27-30-29-26-23-22-25-28(29)4-2/h4,22-23,25-26H,2-3,5-21,24,27H2,1H3. The predicted octanol–water partition coefficient (Wildman–Crippen LogP) is 10.1. The Bertz CT molecular complexity index is 493. The fourth-order valence-electron chi connectivity index (χ4n) is 4.14. The van der Waals surface area contributed by atoms with Gasteiger partial charge in [-0.15, -0.1) is 0 Å². The van der Waals surface area contributed by atoms with Crippen molar-refractivity contribution in [2.75, 3.05) is 6.61 Å². The Hall–Kier alpha value is -1.24. The highest BCUT2D eigenvalue weighted by Gasteiger charge is 1.99. The Morgan fingerprint density at radius 1 is 0.600 bits per heavy atom. The molecule has 0 amide bonds. The minimum Gasteiger partial charge on any atom is -0.493 e. The molecule has 0 aliphatic carbocycles. The van der Waals surface area contributed by atoms with Gasteiger partial charge in [0.2, 0.25) is 0 Å². The van der Waals surface area contributed by atoms with E-state index in [0.717, 1.165) is 24.3 Å². The van der Waals surface area contributed by atoms with E-state index in [1.807, 2.05) is 24.3 Å². The zero-order valence-corrected chi connectivity index (χ0v) is 20.1. The van der Waals surface area contributed by atoms with Gasteiger partial charge >= 0.3 is 0 Å². The van der Waals surface area contributed by atoms with Crippen molar-refractivity contribution >= 4 is 6.08 Å². The van der Waals surface area contributed by atoms with Crippen molar-refractivity contribution in [3.63, 3.8) is 0 Å². The van der Waals surface area contributed by atoms with Crippen molar-refractivity contribution in [2.24, 2.45) is 0 Å². The highest BCUT2D eigenvalue weighted by molar-refractivity contribution is 5.55. The average Bonchev–Trinajstić information content (AvgIpc) is 2.78. The molecule has 0 heterocycles. The summed E-state index contributed by atoms with van der Waals surface area (Å²) in [6, 6.07) is 8.14. The predicted molar refractivity (Wildman–Crippen MR) is 135 cm³/mol. The summed E-state index contributed by atoms with van der Waals surface area (Å²) in [6.07, 6.45) is 28.8. The molecular weight excluding hydrogens is 364 g/mol. The first kappa shape index (κ1) is 26.8. The number of rotatable bonds is 22. The molecule has 0 saturated heterocycles. The first-order valence-corrected chi connectivity index (χ1v) is 13.2. The lowest BCUT2D eigenvalue weighted by Crippen LogP contribution is -1.98. The van der Waals surface area contributed by atoms with Crippen molar-refractivity contribution in [2.45, 2.75) is 129 Å². The van der Waals surface area contributed by atoms with Crippen molar-refractivity contribution in [1.82, 2.24) is 0 Å². The van der Waals surface area contributed by atoms with Gasteiger partial charge in [-0.2, -0.15) is 0 Å². The maximum absolute atomic E-state index is 5.89. The third kappa shape index (κ3) is 15.6. The fourth-order valence-corrected chi connectivity index (χ4v) is 4.14. The van der Waals surface area contributed by atoms with Crippen molar-refractivity contribution in [1.29, 1.82) is 0 Å². The Balaban J connectivity index is 1.74. The van der Waals surface area contributed by atoms with Crippen molar-refractivity contribution < 1.29 is 4.74 Å². The average molecular weight is 415 g/mol. The van der Waals surface area contributed by atoms with Gasteiger partial charge in [-0.1, -0.05) is 153 Å². The molecule has 0 aliphatic heterocycles. The summed E-state index contributed by atoms with van der Waals surface area (Å²) >= 11 is 0. The van der Waals surface area contributed by atoms with Crippen LogP contribution in [0.25, 0.3) is 6.08 Å². The van der Waals surface area contributed by atoms with Gasteiger partial charge in [-0.25, -0.2) is 0 Å². The number of hydrogen-bond donors (Lipinski definition) is 0. The Labute approximate surface area is 188 Å². The van der Waals surface area contributed by atoms with Gasteiger partial charge in [0, 0.05) is 5.56 Å². The molecule has 1 aromatic carbocycles. The zero-order valence-electron chi connectivity index (χ0n) is 20.1. The second kappa shape index (κ2) is 21.0. The maximum atomic E-state index is 5.89. The van der Waals surface area contributed by atoms with Crippen LogP contribution in [0.15, 0.2) is 30.8 Å². The summed E-state index contributed by atoms with van der Waals surface area (Å²) in [4.78, 5) is 0. The fraction of sp³-hybridized carbons (Fsp3) is 0.724. The van der Waals surface area contributed by atoms with Gasteiger partial charge in [-0.3, -0.25) is 0 Å². The molecule has 0 saturated carbocycles. The van der Waals surface area contributed by atoms with Gasteiger partial charge < -0.3 is 4.74 Å². The quantitative estimate of drug-likeness (QED) is 0.171. The second-order valence-electron chi connectivity index (χ2n) is 8.95. The summed E-state index contributed by atoms with van der Waals surface area (Å²) in [5.74, 6) is 0.968. The lowest BCUT2D eigenvalue weighted by atomic mass is 10.0. The summed E-state index contributed by atoms with van der Waals surface area (Å²) < 4.78 is 5.89. The van der Waals surface area contributed by atoms with Gasteiger partial charge in [0.25, 0.3) is 0 Å². The molecule has 0 atom stereocenters. The van der Waals surface area contributed by atoms with E-state index in [-0.39, 0.29) is 0 Å². The number of unbranched alkanes of at least 4 members (excludes halogenated alkanes) is 18. The molecule has 0 spiro atoms. The molecule has 0 unspecified atom stereocenters. The van der Waals surface area contributed by atoms with Crippen molar-refractivity contribution in [3.05, 3.63) is 36.4 Å². The van der Waals surface area contributed by atoms with Crippen LogP contribution >= 0.6 is 0 Å². The molecule has 1 nitrogen and oxygen atoms in total. The smallest absolute Gasteiger partial charge is 0.126 e. The van der Waals surface area contributed by atoms with Crippen LogP contribution in [-0.4, -0.2) is 6.61 Å². The molecule has 0 radical (unpaired) electrons. The lowest BCUT2D eigenvalue weighted by Gasteiger charge is -2.08. The van der Waals surface area contributed by atoms with Crippen LogP contribution in [0.3, 0.4) is 0 Å². The van der Waals surface area contributed by atoms with Crippen LogP contribution in [0.4, 0.5) is 0 Å². The number of benzene rings is 1. The third-order valence-electron chi connectivity index (χ3n) is 6.14. The van der Waals surface area contributed by atoms with Gasteiger partial charge in [0.05, 0.1) is 6.61 Å². The number of hydrogen-bond acceptors (Lipinski definition) is 1. The molecular formula is C29H50O. The van der Waals surface area contributed by atoms with E-state index in [1.54, 1.807) is 0 Å². The van der Waals surface area contributed by atoms with Gasteiger partial charge in [0.15, 0.2) is 0 Å². The van der Waals surface area contributed by atoms with E-state index < -0.39 is 0 Å². The molecule has 0 bridgehead atoms. The molecule has 0 fully saturated rings. The topological polar surface area (TPSA) is 9.23 Å². The number of para-hydroxylation sites is 1. The maximum Gasteiger partial charge on any atom is 0.126 e. The summed E-state index contributed by atoms with van der Waals surface area (Å²) in [5, 5.41) is 0. The highest BCUT2D eigenvalue weighted by atomic mass is 16.5. The Morgan fingerprint density at radius 3 is 1.43 bits per heavy atom. The first-order valence-electron chi connectivity index (χ1n) is 13.2. The highest BCUT2D eigenvalue weighted by Crippen LogP contribution is 2.19. The van der Waals surface area contributed by atoms with Crippen molar-refractivity contribution in [3.8, 4) is 5.75 Å². The van der Waals surface area contributed by atoms with Gasteiger partial charge in [-0.05, 0) is 12.5 Å². The Kier molecular flexibility index (Phi) is 18.8. The zero-order chi connectivity index (χ0) is 21.5. The van der Waals surface area contributed by atoms with Crippen LogP contribution in [0, 0.1) is 0 Å². The second-order valence-corrected chi connectivity index (χ2v) is 8.95. The van der Waals surface area contributed by atoms with Crippen LogP contribution in [-0.2, 0) is 0 Å². The van der Waals surface area contributed by atoms with Crippen LogP contribution in [0.1, 0.15) is 134 Å². The van der Waals surface area contributed by atoms with Crippen LogP contribution in [0.5, 0.6) is 5.75 Å². The minimum atomic E-state index is 0.823. The molecule has 0 aromatic heterocycles. The summed E-state index contributed by atoms with van der Waals surface area (Å²) in [6.45, 7) is 6.97. The normalized spacial score (nSPS) is 11.0. The minimum absolute atomic E-state index is 0.823. The molecule has 1 aromatic rings. The molecule has 30 heavy (non-hydrogen) atoms. The third-order valence-corrected chi connectivity index (χ3v) is 6.14. The lowest BCUT2D eigenvalue weighted by molar-refractivity contribution is 0.303. The molecule has 0 N–H and O–H groups in total. The van der Waals surface area contributed by atoms with E-state index in [9.17, 15) is 0 Å². The Morgan fingerprint density at radius 2 is 1.00 bits per heavy atom. The molecule has 1 heteroatoms. The largest absolute Gasteiger partial charge is 0.493 e. The van der Waals surface area contributed by atoms with E-state index in [0.29, 0.717) is 0 Å². The molecule has 0 aliphatic rings.